The van der Waals surface area contributed by atoms with Crippen LogP contribution in [0.5, 0.6) is 5.75 Å². The van der Waals surface area contributed by atoms with E-state index >= 15 is 0 Å². The van der Waals surface area contributed by atoms with Crippen LogP contribution >= 0.6 is 0 Å². The number of hydrogen-bond acceptors (Lipinski definition) is 3. The number of aryl methyl sites for hydroxylation is 1. The summed E-state index contributed by atoms with van der Waals surface area (Å²) in [5.41, 5.74) is 7.48. The summed E-state index contributed by atoms with van der Waals surface area (Å²) in [4.78, 5) is 12.8. The van der Waals surface area contributed by atoms with Crippen LogP contribution in [0.3, 0.4) is 0 Å². The summed E-state index contributed by atoms with van der Waals surface area (Å²) in [6.07, 6.45) is 1.81. The Morgan fingerprint density at radius 2 is 2.11 bits per heavy atom. The number of carbonyl (C=O) groups is 1. The second-order valence-corrected chi connectivity index (χ2v) is 4.95. The monoisotopic (exact) mass is 263 g/mol. The average Bonchev–Trinajstić information content (AvgIpc) is 2.39. The Bertz CT molecular complexity index is 454. The summed E-state index contributed by atoms with van der Waals surface area (Å²) in [5, 5.41) is 3.50. The fourth-order valence-electron chi connectivity index (χ4n) is 2.40. The summed E-state index contributed by atoms with van der Waals surface area (Å²) in [6.45, 7) is 3.47. The molecule has 104 valence electrons. The van der Waals surface area contributed by atoms with E-state index in [-0.39, 0.29) is 6.03 Å². The van der Waals surface area contributed by atoms with Crippen molar-refractivity contribution in [3.05, 3.63) is 23.8 Å². The first kappa shape index (κ1) is 13.5. The molecule has 0 aromatic heterocycles. The Labute approximate surface area is 113 Å². The lowest BCUT2D eigenvalue weighted by Gasteiger charge is -2.32. The van der Waals surface area contributed by atoms with Gasteiger partial charge in [0.1, 0.15) is 5.75 Å². The molecule has 2 rings (SSSR count). The average molecular weight is 263 g/mol. The maximum absolute atomic E-state index is 11.1. The topological polar surface area (TPSA) is 67.6 Å². The fourth-order valence-corrected chi connectivity index (χ4v) is 2.40. The van der Waals surface area contributed by atoms with Crippen molar-refractivity contribution in [3.8, 4) is 5.75 Å². The van der Waals surface area contributed by atoms with Gasteiger partial charge in [0.25, 0.3) is 0 Å². The Morgan fingerprint density at radius 3 is 2.68 bits per heavy atom. The van der Waals surface area contributed by atoms with Gasteiger partial charge in [-0.3, -0.25) is 0 Å². The van der Waals surface area contributed by atoms with Crippen LogP contribution in [-0.4, -0.2) is 37.2 Å². The van der Waals surface area contributed by atoms with E-state index in [2.05, 4.69) is 18.3 Å². The van der Waals surface area contributed by atoms with Gasteiger partial charge < -0.3 is 20.7 Å². The van der Waals surface area contributed by atoms with E-state index in [1.165, 1.54) is 5.56 Å². The minimum Gasteiger partial charge on any atom is -0.495 e. The normalized spacial score (nSPS) is 16.2. The summed E-state index contributed by atoms with van der Waals surface area (Å²) < 4.78 is 5.35. The fraction of sp³-hybridized carbons (Fsp3) is 0.500. The van der Waals surface area contributed by atoms with Crippen molar-refractivity contribution >= 4 is 11.7 Å². The number of anilines is 1. The largest absolute Gasteiger partial charge is 0.495 e. The first-order valence-electron chi connectivity index (χ1n) is 6.55. The molecular weight excluding hydrogens is 242 g/mol. The van der Waals surface area contributed by atoms with E-state index in [1.54, 1.807) is 12.0 Å². The molecule has 1 aliphatic heterocycles. The Hall–Kier alpha value is -1.91. The lowest BCUT2D eigenvalue weighted by atomic mass is 10.0. The van der Waals surface area contributed by atoms with Gasteiger partial charge in [-0.05, 0) is 37.5 Å². The molecule has 1 aromatic carbocycles. The zero-order valence-corrected chi connectivity index (χ0v) is 11.5. The van der Waals surface area contributed by atoms with Crippen LogP contribution in [0.1, 0.15) is 18.4 Å². The number of piperidine rings is 1. The van der Waals surface area contributed by atoms with E-state index in [0.717, 1.165) is 24.3 Å². The van der Waals surface area contributed by atoms with Crippen molar-refractivity contribution in [2.24, 2.45) is 5.73 Å². The molecule has 1 fully saturated rings. The van der Waals surface area contributed by atoms with Crippen LogP contribution in [0.25, 0.3) is 0 Å². The molecule has 1 aromatic rings. The van der Waals surface area contributed by atoms with Crippen molar-refractivity contribution in [2.45, 2.75) is 25.8 Å². The van der Waals surface area contributed by atoms with Gasteiger partial charge in [-0.25, -0.2) is 4.79 Å². The standard InChI is InChI=1S/C14H21N3O2/c1-10-3-4-13(19-2)12(9-10)16-11-5-7-17(8-6-11)14(15)18/h3-4,9,11,16H,5-8H2,1-2H3,(H2,15,18). The molecule has 5 nitrogen and oxygen atoms in total. The van der Waals surface area contributed by atoms with Crippen molar-refractivity contribution in [3.63, 3.8) is 0 Å². The lowest BCUT2D eigenvalue weighted by Crippen LogP contribution is -2.44. The smallest absolute Gasteiger partial charge is 0.314 e. The predicted octanol–water partition coefficient (Wildman–Crippen LogP) is 1.96. The molecule has 3 N–H and O–H groups in total. The summed E-state index contributed by atoms with van der Waals surface area (Å²) in [5.74, 6) is 0.850. The third-order valence-electron chi connectivity index (χ3n) is 3.52. The zero-order valence-electron chi connectivity index (χ0n) is 11.5. The Balaban J connectivity index is 1.99. The van der Waals surface area contributed by atoms with Gasteiger partial charge in [0.2, 0.25) is 0 Å². The number of hydrogen-bond donors (Lipinski definition) is 2. The number of nitrogens with one attached hydrogen (secondary N) is 1. The maximum atomic E-state index is 11.1. The van der Waals surface area contributed by atoms with Crippen LogP contribution in [0, 0.1) is 6.92 Å². The number of rotatable bonds is 3. The van der Waals surface area contributed by atoms with Crippen LogP contribution in [0.15, 0.2) is 18.2 Å². The van der Waals surface area contributed by atoms with E-state index in [1.807, 2.05) is 12.1 Å². The molecule has 0 spiro atoms. The summed E-state index contributed by atoms with van der Waals surface area (Å²) in [7, 11) is 1.67. The molecule has 2 amide bonds. The van der Waals surface area contributed by atoms with Gasteiger partial charge in [0.05, 0.1) is 12.8 Å². The molecule has 5 heteroatoms. The van der Waals surface area contributed by atoms with E-state index in [0.29, 0.717) is 19.1 Å². The SMILES string of the molecule is COc1ccc(C)cc1NC1CCN(C(N)=O)CC1. The van der Waals surface area contributed by atoms with Crippen LogP contribution < -0.4 is 15.8 Å². The molecule has 0 atom stereocenters. The van der Waals surface area contributed by atoms with E-state index in [9.17, 15) is 4.79 Å². The molecule has 0 bridgehead atoms. The molecule has 0 aliphatic carbocycles. The van der Waals surface area contributed by atoms with Crippen LogP contribution in [0.2, 0.25) is 0 Å². The van der Waals surface area contributed by atoms with Gasteiger partial charge in [0, 0.05) is 19.1 Å². The minimum absolute atomic E-state index is 0.327. The highest BCUT2D eigenvalue weighted by Gasteiger charge is 2.21. The number of benzene rings is 1. The van der Waals surface area contributed by atoms with Crippen molar-refractivity contribution in [2.75, 3.05) is 25.5 Å². The van der Waals surface area contributed by atoms with Crippen molar-refractivity contribution in [1.82, 2.24) is 4.90 Å². The van der Waals surface area contributed by atoms with Crippen molar-refractivity contribution in [1.29, 1.82) is 0 Å². The number of nitrogens with two attached hydrogens (primary N) is 1. The molecule has 0 radical (unpaired) electrons. The van der Waals surface area contributed by atoms with Gasteiger partial charge in [-0.1, -0.05) is 6.07 Å². The van der Waals surface area contributed by atoms with Crippen LogP contribution in [-0.2, 0) is 0 Å². The number of carbonyl (C=O) groups excluding carboxylic acids is 1. The number of likely N-dealkylation sites (tertiary alicyclic amines) is 1. The summed E-state index contributed by atoms with van der Waals surface area (Å²) >= 11 is 0. The highest BCUT2D eigenvalue weighted by molar-refractivity contribution is 5.72. The Morgan fingerprint density at radius 1 is 1.42 bits per heavy atom. The molecule has 0 saturated carbocycles. The van der Waals surface area contributed by atoms with E-state index < -0.39 is 0 Å². The van der Waals surface area contributed by atoms with Gasteiger partial charge in [-0.2, -0.15) is 0 Å². The predicted molar refractivity (Wildman–Crippen MR) is 75.5 cm³/mol. The number of urea groups is 1. The molecule has 0 unspecified atom stereocenters. The van der Waals surface area contributed by atoms with Crippen molar-refractivity contribution < 1.29 is 9.53 Å². The van der Waals surface area contributed by atoms with Gasteiger partial charge in [-0.15, -0.1) is 0 Å². The highest BCUT2D eigenvalue weighted by Crippen LogP contribution is 2.27. The molecule has 1 heterocycles. The lowest BCUT2D eigenvalue weighted by molar-refractivity contribution is 0.193. The first-order valence-corrected chi connectivity index (χ1v) is 6.55. The number of primary amides is 1. The number of nitrogens with zero attached hydrogens (tertiary/aromatic N) is 1. The maximum Gasteiger partial charge on any atom is 0.314 e. The summed E-state index contributed by atoms with van der Waals surface area (Å²) in [6, 6.07) is 6.10. The molecule has 19 heavy (non-hydrogen) atoms. The first-order chi connectivity index (χ1) is 9.10. The highest BCUT2D eigenvalue weighted by atomic mass is 16.5. The van der Waals surface area contributed by atoms with Crippen LogP contribution in [0.4, 0.5) is 10.5 Å². The molecule has 1 aliphatic rings. The second kappa shape index (κ2) is 5.82. The quantitative estimate of drug-likeness (QED) is 0.876. The molecular formula is C14H21N3O2. The minimum atomic E-state index is -0.327. The molecule has 1 saturated heterocycles. The zero-order chi connectivity index (χ0) is 13.8. The Kier molecular flexibility index (Phi) is 4.14. The van der Waals surface area contributed by atoms with E-state index in [4.69, 9.17) is 10.5 Å². The van der Waals surface area contributed by atoms with Gasteiger partial charge >= 0.3 is 6.03 Å². The number of methoxy groups -OCH3 is 1. The number of amides is 2. The second-order valence-electron chi connectivity index (χ2n) is 4.95. The third kappa shape index (κ3) is 3.30. The third-order valence-corrected chi connectivity index (χ3v) is 3.52. The number of ether oxygens (including phenoxy) is 1. The van der Waals surface area contributed by atoms with Gasteiger partial charge in [0.15, 0.2) is 0 Å².